The number of ketones is 1. The average molecular weight is 632 g/mol. The Bertz CT molecular complexity index is 1200. The molecule has 4 fully saturated rings. The summed E-state index contributed by atoms with van der Waals surface area (Å²) >= 11 is 0. The lowest BCUT2D eigenvalue weighted by Gasteiger charge is -2.70. The van der Waals surface area contributed by atoms with Gasteiger partial charge in [-0.1, -0.05) is 60.1 Å². The van der Waals surface area contributed by atoms with Gasteiger partial charge in [0.05, 0.1) is 24.7 Å². The van der Waals surface area contributed by atoms with E-state index in [0.717, 1.165) is 57.8 Å². The molecule has 8 nitrogen and oxygen atoms in total. The van der Waals surface area contributed by atoms with E-state index in [1.165, 1.54) is 12.5 Å². The van der Waals surface area contributed by atoms with Gasteiger partial charge < -0.3 is 30.5 Å². The van der Waals surface area contributed by atoms with Crippen LogP contribution in [0.5, 0.6) is 0 Å². The van der Waals surface area contributed by atoms with Crippen molar-refractivity contribution >= 4 is 11.7 Å². The Labute approximate surface area is 270 Å². The Morgan fingerprint density at radius 1 is 0.956 bits per heavy atom. The third-order valence-corrected chi connectivity index (χ3v) is 14.7. The van der Waals surface area contributed by atoms with E-state index in [2.05, 4.69) is 59.9 Å². The first-order valence-electron chi connectivity index (χ1n) is 17.6. The lowest BCUT2D eigenvalue weighted by Crippen LogP contribution is -2.65. The molecule has 0 aliphatic heterocycles. The van der Waals surface area contributed by atoms with E-state index in [4.69, 9.17) is 4.74 Å². The number of hydrogen-bond acceptors (Lipinski definition) is 7. The molecular weight excluding hydrogens is 570 g/mol. The van der Waals surface area contributed by atoms with E-state index in [1.807, 2.05) is 0 Å². The highest BCUT2D eigenvalue weighted by Crippen LogP contribution is 2.75. The zero-order valence-corrected chi connectivity index (χ0v) is 29.1. The van der Waals surface area contributed by atoms with Gasteiger partial charge in [-0.05, 0) is 104 Å². The summed E-state index contributed by atoms with van der Waals surface area (Å²) in [5.41, 5.74) is 0.567. The van der Waals surface area contributed by atoms with E-state index in [1.54, 1.807) is 0 Å². The predicted molar refractivity (Wildman–Crippen MR) is 173 cm³/mol. The SMILES string of the molecule is C[C@H](O)C(CO)OC(NC(=O)[C@]12CCC(C)(C)CC1C1=CCC3[C@@]4(C)CCC(=O)C(C)(C)C4CC[C@@]3(C)[C@]1(C)CC2)[C@H](O)CO. The van der Waals surface area contributed by atoms with Gasteiger partial charge in [0.1, 0.15) is 18.0 Å². The van der Waals surface area contributed by atoms with Crippen LogP contribution in [0.25, 0.3) is 0 Å². The van der Waals surface area contributed by atoms with Crippen molar-refractivity contribution in [1.29, 1.82) is 0 Å². The highest BCUT2D eigenvalue weighted by Gasteiger charge is 2.69. The number of carbonyl (C=O) groups excluding carboxylic acids is 2. The number of aliphatic hydroxyl groups excluding tert-OH is 4. The molecular formula is C37H61NO7. The van der Waals surface area contributed by atoms with Crippen molar-refractivity contribution in [3.05, 3.63) is 11.6 Å². The molecule has 0 spiro atoms. The zero-order chi connectivity index (χ0) is 33.4. The monoisotopic (exact) mass is 631 g/mol. The summed E-state index contributed by atoms with van der Waals surface area (Å²) in [6, 6.07) is 0. The fourth-order valence-electron chi connectivity index (χ4n) is 11.5. The van der Waals surface area contributed by atoms with Gasteiger partial charge in [0.15, 0.2) is 6.23 Å². The third-order valence-electron chi connectivity index (χ3n) is 14.7. The minimum atomic E-state index is -1.40. The summed E-state index contributed by atoms with van der Waals surface area (Å²) in [6.45, 7) is 16.8. The summed E-state index contributed by atoms with van der Waals surface area (Å²) in [5.74, 6) is 1.11. The van der Waals surface area contributed by atoms with Gasteiger partial charge in [-0.2, -0.15) is 0 Å². The van der Waals surface area contributed by atoms with Gasteiger partial charge in [-0.25, -0.2) is 0 Å². The van der Waals surface area contributed by atoms with Crippen LogP contribution >= 0.6 is 0 Å². The number of aliphatic hydroxyl groups is 4. The van der Waals surface area contributed by atoms with Gasteiger partial charge in [0.25, 0.3) is 0 Å². The first kappa shape index (κ1) is 35.0. The molecule has 5 aliphatic rings. The van der Waals surface area contributed by atoms with E-state index < -0.39 is 43.2 Å². The first-order valence-corrected chi connectivity index (χ1v) is 17.6. The average Bonchev–Trinajstić information content (AvgIpc) is 2.96. The summed E-state index contributed by atoms with van der Waals surface area (Å²) in [4.78, 5) is 27.6. The second kappa shape index (κ2) is 11.7. The molecule has 256 valence electrons. The molecule has 0 radical (unpaired) electrons. The molecule has 5 unspecified atom stereocenters. The van der Waals surface area contributed by atoms with Crippen molar-refractivity contribution in [2.75, 3.05) is 13.2 Å². The first-order chi connectivity index (χ1) is 20.8. The number of ether oxygens (including phenoxy) is 1. The Morgan fingerprint density at radius 3 is 2.24 bits per heavy atom. The number of fused-ring (bicyclic) bond motifs is 7. The lowest BCUT2D eigenvalue weighted by atomic mass is 9.33. The predicted octanol–water partition coefficient (Wildman–Crippen LogP) is 4.91. The van der Waals surface area contributed by atoms with Crippen molar-refractivity contribution in [1.82, 2.24) is 5.32 Å². The number of amides is 1. The number of hydrogen-bond donors (Lipinski definition) is 5. The summed E-state index contributed by atoms with van der Waals surface area (Å²) in [6.07, 6.45) is 6.66. The Morgan fingerprint density at radius 2 is 1.62 bits per heavy atom. The van der Waals surface area contributed by atoms with Crippen molar-refractivity contribution in [2.24, 2.45) is 50.2 Å². The maximum absolute atomic E-state index is 14.6. The minimum Gasteiger partial charge on any atom is -0.394 e. The van der Waals surface area contributed by atoms with Crippen LogP contribution in [-0.2, 0) is 14.3 Å². The second-order valence-corrected chi connectivity index (χ2v) is 17.8. The molecule has 5 rings (SSSR count). The van der Waals surface area contributed by atoms with Crippen LogP contribution < -0.4 is 5.32 Å². The second-order valence-electron chi connectivity index (χ2n) is 17.8. The van der Waals surface area contributed by atoms with E-state index >= 15 is 0 Å². The van der Waals surface area contributed by atoms with Gasteiger partial charge in [0, 0.05) is 11.8 Å². The highest BCUT2D eigenvalue weighted by atomic mass is 16.5. The summed E-state index contributed by atoms with van der Waals surface area (Å²) < 4.78 is 5.81. The molecule has 0 heterocycles. The van der Waals surface area contributed by atoms with Gasteiger partial charge in [-0.15, -0.1) is 0 Å². The number of allylic oxidation sites excluding steroid dienone is 2. The molecule has 8 heteroatoms. The molecule has 0 aromatic heterocycles. The zero-order valence-electron chi connectivity index (χ0n) is 29.1. The maximum atomic E-state index is 14.6. The Kier molecular flexibility index (Phi) is 9.08. The van der Waals surface area contributed by atoms with Crippen molar-refractivity contribution in [2.45, 2.75) is 144 Å². The van der Waals surface area contributed by atoms with Crippen molar-refractivity contribution in [3.8, 4) is 0 Å². The van der Waals surface area contributed by atoms with E-state index in [9.17, 15) is 30.0 Å². The van der Waals surface area contributed by atoms with Crippen LogP contribution in [0.15, 0.2) is 11.6 Å². The molecule has 5 N–H and O–H groups in total. The molecule has 0 aromatic rings. The van der Waals surface area contributed by atoms with Crippen LogP contribution in [-0.4, -0.2) is 69.9 Å². The number of Topliss-reactive ketones (excluding diaryl/α,β-unsaturated/α-hetero) is 1. The lowest BCUT2D eigenvalue weighted by molar-refractivity contribution is -0.188. The third kappa shape index (κ3) is 5.28. The quantitative estimate of drug-likeness (QED) is 0.190. The molecule has 5 aliphatic carbocycles. The number of nitrogens with one attached hydrogen (secondary N) is 1. The smallest absolute Gasteiger partial charge is 0.228 e. The molecule has 1 amide bonds. The van der Waals surface area contributed by atoms with E-state index in [-0.39, 0.29) is 38.9 Å². The maximum Gasteiger partial charge on any atom is 0.228 e. The molecule has 45 heavy (non-hydrogen) atoms. The fraction of sp³-hybridized carbons (Fsp3) is 0.892. The number of rotatable bonds is 8. The molecule has 0 aromatic carbocycles. The molecule has 0 bridgehead atoms. The minimum absolute atomic E-state index is 0.0324. The van der Waals surface area contributed by atoms with Crippen LogP contribution in [0, 0.1) is 50.2 Å². The van der Waals surface area contributed by atoms with Crippen LogP contribution in [0.2, 0.25) is 0 Å². The Hall–Kier alpha value is -1.32. The largest absolute Gasteiger partial charge is 0.394 e. The van der Waals surface area contributed by atoms with Gasteiger partial charge in [0.2, 0.25) is 5.91 Å². The van der Waals surface area contributed by atoms with E-state index in [0.29, 0.717) is 24.0 Å². The van der Waals surface area contributed by atoms with Gasteiger partial charge in [-0.3, -0.25) is 9.59 Å². The Balaban J connectivity index is 1.52. The molecule has 0 saturated heterocycles. The van der Waals surface area contributed by atoms with Crippen LogP contribution in [0.4, 0.5) is 0 Å². The van der Waals surface area contributed by atoms with Gasteiger partial charge >= 0.3 is 0 Å². The molecule has 4 saturated carbocycles. The topological polar surface area (TPSA) is 136 Å². The standard InChI is InChI=1S/C37H61NO7/c1-22(41)26(21-40)45-30(25(42)20-39)38-31(44)37-17-15-32(2,3)19-24(37)23-9-10-28-34(6)13-12-29(43)33(4,5)27(34)11-14-36(28,8)35(23,7)16-18-37/h9,22,24-28,30,39-42H,10-21H2,1-8H3,(H,38,44)/t22-,24?,25+,26?,27?,28?,30?,34-,35+,36+,37-/m0/s1. The summed E-state index contributed by atoms with van der Waals surface area (Å²) in [5, 5.41) is 43.2. The van der Waals surface area contributed by atoms with Crippen molar-refractivity contribution < 1.29 is 34.8 Å². The van der Waals surface area contributed by atoms with Crippen LogP contribution in [0.3, 0.4) is 0 Å². The van der Waals surface area contributed by atoms with Crippen molar-refractivity contribution in [3.63, 3.8) is 0 Å². The van der Waals surface area contributed by atoms with Crippen LogP contribution in [0.1, 0.15) is 120 Å². The highest BCUT2D eigenvalue weighted by molar-refractivity contribution is 5.86. The fourth-order valence-corrected chi connectivity index (χ4v) is 11.5. The molecule has 11 atom stereocenters. The normalized spacial score (nSPS) is 42.9. The number of carbonyl (C=O) groups is 2. The summed E-state index contributed by atoms with van der Waals surface area (Å²) in [7, 11) is 0.